The highest BCUT2D eigenvalue weighted by molar-refractivity contribution is 7.43. The predicted molar refractivity (Wildman–Crippen MR) is 57.7 cm³/mol. The maximum atomic E-state index is 10.9. The minimum absolute atomic E-state index is 0.0546. The smallest absolute Gasteiger partial charge is 0.414 e. The van der Waals surface area contributed by atoms with E-state index in [1.807, 2.05) is 5.09 Å². The van der Waals surface area contributed by atoms with Gasteiger partial charge in [0.05, 0.1) is 7.11 Å². The maximum Gasteiger partial charge on any atom is 0.414 e. The molecule has 1 amide bonds. The SMILES string of the molecule is COc1ccc(COC(=O)NP(O)O)cc1. The number of benzene rings is 1. The van der Waals surface area contributed by atoms with Gasteiger partial charge in [-0.2, -0.15) is 0 Å². The molecule has 16 heavy (non-hydrogen) atoms. The number of nitrogens with one attached hydrogen (secondary N) is 1. The molecule has 6 nitrogen and oxygen atoms in total. The van der Waals surface area contributed by atoms with Crippen LogP contribution in [0.1, 0.15) is 5.56 Å². The van der Waals surface area contributed by atoms with Gasteiger partial charge in [0, 0.05) is 0 Å². The van der Waals surface area contributed by atoms with E-state index in [1.165, 1.54) is 0 Å². The van der Waals surface area contributed by atoms with Crippen LogP contribution < -0.4 is 9.82 Å². The Kier molecular flexibility index (Phi) is 4.98. The fourth-order valence-electron chi connectivity index (χ4n) is 0.985. The van der Waals surface area contributed by atoms with Crippen LogP contribution in [0.25, 0.3) is 0 Å². The molecule has 0 unspecified atom stereocenters. The third-order valence-corrected chi connectivity index (χ3v) is 2.10. The van der Waals surface area contributed by atoms with Gasteiger partial charge in [0.1, 0.15) is 12.4 Å². The Balaban J connectivity index is 2.39. The van der Waals surface area contributed by atoms with E-state index in [9.17, 15) is 4.79 Å². The average molecular weight is 245 g/mol. The van der Waals surface area contributed by atoms with Crippen molar-refractivity contribution < 1.29 is 24.1 Å². The fourth-order valence-corrected chi connectivity index (χ4v) is 1.21. The van der Waals surface area contributed by atoms with Crippen LogP contribution in [0.15, 0.2) is 24.3 Å². The lowest BCUT2D eigenvalue weighted by Gasteiger charge is -2.07. The largest absolute Gasteiger partial charge is 0.497 e. The first-order chi connectivity index (χ1) is 7.61. The summed E-state index contributed by atoms with van der Waals surface area (Å²) in [5, 5.41) is 1.83. The zero-order valence-corrected chi connectivity index (χ0v) is 9.48. The minimum Gasteiger partial charge on any atom is -0.497 e. The van der Waals surface area contributed by atoms with Gasteiger partial charge in [-0.3, -0.25) is 5.09 Å². The van der Waals surface area contributed by atoms with Crippen molar-refractivity contribution in [1.29, 1.82) is 0 Å². The molecule has 0 heterocycles. The molecule has 88 valence electrons. The first kappa shape index (κ1) is 12.7. The van der Waals surface area contributed by atoms with Gasteiger partial charge < -0.3 is 19.3 Å². The number of carbonyl (C=O) groups excluding carboxylic acids is 1. The fraction of sp³-hybridized carbons (Fsp3) is 0.222. The van der Waals surface area contributed by atoms with Gasteiger partial charge in [0.25, 0.3) is 8.53 Å². The second-order valence-corrected chi connectivity index (χ2v) is 3.63. The molecule has 0 spiro atoms. The quantitative estimate of drug-likeness (QED) is 0.692. The first-order valence-electron chi connectivity index (χ1n) is 4.36. The molecular weight excluding hydrogens is 233 g/mol. The first-order valence-corrected chi connectivity index (χ1v) is 5.61. The third-order valence-electron chi connectivity index (χ3n) is 1.72. The topological polar surface area (TPSA) is 88.0 Å². The number of carbonyl (C=O) groups is 1. The van der Waals surface area contributed by atoms with Gasteiger partial charge in [-0.25, -0.2) is 4.79 Å². The van der Waals surface area contributed by atoms with Crippen LogP contribution in [-0.2, 0) is 11.3 Å². The highest BCUT2D eigenvalue weighted by atomic mass is 31.2. The summed E-state index contributed by atoms with van der Waals surface area (Å²) in [4.78, 5) is 27.8. The number of ether oxygens (including phenoxy) is 2. The Morgan fingerprint density at radius 1 is 1.38 bits per heavy atom. The highest BCUT2D eigenvalue weighted by Gasteiger charge is 2.07. The molecule has 7 heteroatoms. The van der Waals surface area contributed by atoms with Crippen LogP contribution in [0.3, 0.4) is 0 Å². The van der Waals surface area contributed by atoms with Crippen LogP contribution in [-0.4, -0.2) is 23.0 Å². The summed E-state index contributed by atoms with van der Waals surface area (Å²) in [5.74, 6) is 0.711. The molecule has 0 atom stereocenters. The van der Waals surface area contributed by atoms with Gasteiger partial charge in [-0.05, 0) is 17.7 Å². The van der Waals surface area contributed by atoms with Gasteiger partial charge >= 0.3 is 6.09 Å². The van der Waals surface area contributed by atoms with Crippen molar-refractivity contribution in [1.82, 2.24) is 5.09 Å². The van der Waals surface area contributed by atoms with Crippen molar-refractivity contribution in [3.8, 4) is 5.75 Å². The van der Waals surface area contributed by atoms with E-state index in [-0.39, 0.29) is 6.61 Å². The van der Waals surface area contributed by atoms with Crippen LogP contribution >= 0.6 is 8.53 Å². The molecule has 1 aromatic carbocycles. The maximum absolute atomic E-state index is 10.9. The van der Waals surface area contributed by atoms with Crippen molar-refractivity contribution in [3.05, 3.63) is 29.8 Å². The summed E-state index contributed by atoms with van der Waals surface area (Å²) < 4.78 is 9.68. The van der Waals surface area contributed by atoms with E-state index >= 15 is 0 Å². The van der Waals surface area contributed by atoms with E-state index in [1.54, 1.807) is 31.4 Å². The standard InChI is InChI=1S/C9H12NO5P/c1-14-8-4-2-7(3-5-8)6-15-9(11)10-16(12)13/h2-5,12-13H,6H2,1H3,(H,10,11). The number of hydrogen-bond donors (Lipinski definition) is 3. The molecule has 0 saturated carbocycles. The van der Waals surface area contributed by atoms with Crippen molar-refractivity contribution in [2.45, 2.75) is 6.61 Å². The highest BCUT2D eigenvalue weighted by Crippen LogP contribution is 2.16. The molecule has 0 radical (unpaired) electrons. The summed E-state index contributed by atoms with van der Waals surface area (Å²) in [5.41, 5.74) is 0.774. The average Bonchev–Trinajstić information content (AvgIpc) is 2.26. The van der Waals surface area contributed by atoms with Gasteiger partial charge in [-0.1, -0.05) is 12.1 Å². The third kappa shape index (κ3) is 4.44. The summed E-state index contributed by atoms with van der Waals surface area (Å²) in [6.45, 7) is 0.0546. The lowest BCUT2D eigenvalue weighted by atomic mass is 10.2. The Morgan fingerprint density at radius 2 is 2.00 bits per heavy atom. The van der Waals surface area contributed by atoms with Crippen molar-refractivity contribution in [2.24, 2.45) is 0 Å². The molecular formula is C9H12NO5P. The summed E-state index contributed by atoms with van der Waals surface area (Å²) in [7, 11) is -0.913. The molecule has 1 rings (SSSR count). The molecule has 1 aromatic rings. The summed E-state index contributed by atoms with van der Waals surface area (Å²) in [6.07, 6.45) is -0.869. The van der Waals surface area contributed by atoms with Crippen molar-refractivity contribution in [3.63, 3.8) is 0 Å². The molecule has 0 aliphatic carbocycles. The molecule has 3 N–H and O–H groups in total. The van der Waals surface area contributed by atoms with Gasteiger partial charge in [-0.15, -0.1) is 0 Å². The molecule has 0 aliphatic heterocycles. The van der Waals surface area contributed by atoms with Gasteiger partial charge in [0.2, 0.25) is 0 Å². The zero-order chi connectivity index (χ0) is 12.0. The lowest BCUT2D eigenvalue weighted by molar-refractivity contribution is 0.145. The number of methoxy groups -OCH3 is 1. The van der Waals surface area contributed by atoms with Crippen LogP contribution in [0.5, 0.6) is 5.75 Å². The van der Waals surface area contributed by atoms with Crippen LogP contribution in [0, 0.1) is 0 Å². The van der Waals surface area contributed by atoms with E-state index in [4.69, 9.17) is 19.3 Å². The lowest BCUT2D eigenvalue weighted by Crippen LogP contribution is -2.18. The second kappa shape index (κ2) is 6.27. The molecule has 0 aliphatic rings. The molecule has 0 fully saturated rings. The van der Waals surface area contributed by atoms with Crippen LogP contribution in [0.2, 0.25) is 0 Å². The van der Waals surface area contributed by atoms with E-state index in [0.29, 0.717) is 5.75 Å². The van der Waals surface area contributed by atoms with Gasteiger partial charge in [0.15, 0.2) is 0 Å². The minimum atomic E-state index is -2.47. The monoisotopic (exact) mass is 245 g/mol. The van der Waals surface area contributed by atoms with E-state index in [0.717, 1.165) is 5.56 Å². The Labute approximate surface area is 93.8 Å². The summed E-state index contributed by atoms with van der Waals surface area (Å²) >= 11 is 0. The predicted octanol–water partition coefficient (Wildman–Crippen LogP) is 1.13. The number of amides is 1. The molecule has 0 aromatic heterocycles. The normalized spacial score (nSPS) is 10.0. The summed E-state index contributed by atoms with van der Waals surface area (Å²) in [6, 6.07) is 6.96. The van der Waals surface area contributed by atoms with Crippen LogP contribution in [0.4, 0.5) is 4.79 Å². The van der Waals surface area contributed by atoms with E-state index in [2.05, 4.69) is 0 Å². The Hall–Kier alpha value is -1.36. The number of hydrogen-bond acceptors (Lipinski definition) is 5. The zero-order valence-electron chi connectivity index (χ0n) is 8.58. The van der Waals surface area contributed by atoms with Crippen molar-refractivity contribution in [2.75, 3.05) is 7.11 Å². The Bertz CT molecular complexity index is 340. The Morgan fingerprint density at radius 3 is 2.50 bits per heavy atom. The second-order valence-electron chi connectivity index (χ2n) is 2.83. The molecule has 0 saturated heterocycles. The number of rotatable bonds is 4. The van der Waals surface area contributed by atoms with E-state index < -0.39 is 14.6 Å². The molecule has 0 bridgehead atoms. The van der Waals surface area contributed by atoms with Crippen molar-refractivity contribution >= 4 is 14.6 Å².